The molecule has 1 aromatic heterocycles. The molecule has 1 N–H and O–H groups in total. The highest BCUT2D eigenvalue weighted by molar-refractivity contribution is 5.76. The molecular weight excluding hydrogens is 288 g/mol. The van der Waals surface area contributed by atoms with Crippen LogP contribution in [0.3, 0.4) is 0 Å². The summed E-state index contributed by atoms with van der Waals surface area (Å²) in [5.41, 5.74) is 5.41. The first-order chi connectivity index (χ1) is 11.3. The number of nitrogens with one attached hydrogen (secondary N) is 1. The maximum absolute atomic E-state index is 5.58. The van der Waals surface area contributed by atoms with E-state index in [0.29, 0.717) is 11.8 Å². The highest BCUT2D eigenvalue weighted by atomic mass is 16.5. The number of nitrogens with zero attached hydrogens (tertiary/aromatic N) is 1. The van der Waals surface area contributed by atoms with E-state index in [2.05, 4.69) is 40.6 Å². The smallest absolute Gasteiger partial charge is 0.192 e. The number of hydrogen-bond donors (Lipinski definition) is 1. The molecule has 1 aliphatic rings. The van der Waals surface area contributed by atoms with Crippen molar-refractivity contribution in [3.8, 4) is 0 Å². The van der Waals surface area contributed by atoms with Gasteiger partial charge in [0.15, 0.2) is 11.5 Å². The van der Waals surface area contributed by atoms with Crippen molar-refractivity contribution in [2.45, 2.75) is 25.8 Å². The van der Waals surface area contributed by atoms with Crippen LogP contribution in [-0.4, -0.2) is 18.2 Å². The average Bonchev–Trinajstić information content (AvgIpc) is 3.22. The molecule has 118 valence electrons. The lowest BCUT2D eigenvalue weighted by atomic mass is 9.98. The van der Waals surface area contributed by atoms with E-state index < -0.39 is 0 Å². The largest absolute Gasteiger partial charge is 0.441 e. The second kappa shape index (κ2) is 6.05. The first-order valence-corrected chi connectivity index (χ1v) is 8.06. The van der Waals surface area contributed by atoms with Gasteiger partial charge in [0.25, 0.3) is 0 Å². The van der Waals surface area contributed by atoms with Crippen molar-refractivity contribution in [2.24, 2.45) is 0 Å². The van der Waals surface area contributed by atoms with Crippen LogP contribution in [0.4, 0.5) is 5.69 Å². The molecule has 1 atom stereocenters. The Morgan fingerprint density at radius 2 is 2.04 bits per heavy atom. The van der Waals surface area contributed by atoms with Crippen molar-refractivity contribution in [3.63, 3.8) is 0 Å². The van der Waals surface area contributed by atoms with Crippen LogP contribution < -0.4 is 5.32 Å². The molecule has 4 heteroatoms. The van der Waals surface area contributed by atoms with E-state index in [1.165, 1.54) is 5.56 Å². The van der Waals surface area contributed by atoms with E-state index in [1.807, 2.05) is 19.1 Å². The molecule has 2 heterocycles. The van der Waals surface area contributed by atoms with Crippen molar-refractivity contribution < 1.29 is 9.15 Å². The highest BCUT2D eigenvalue weighted by Crippen LogP contribution is 2.26. The number of aromatic nitrogens is 1. The fourth-order valence-corrected chi connectivity index (χ4v) is 3.13. The molecule has 0 spiro atoms. The van der Waals surface area contributed by atoms with Crippen molar-refractivity contribution in [3.05, 3.63) is 59.5 Å². The highest BCUT2D eigenvalue weighted by Gasteiger charge is 2.17. The summed E-state index contributed by atoms with van der Waals surface area (Å²) < 4.78 is 11.0. The van der Waals surface area contributed by atoms with E-state index in [-0.39, 0.29) is 0 Å². The summed E-state index contributed by atoms with van der Waals surface area (Å²) in [5.74, 6) is 1.26. The Morgan fingerprint density at radius 3 is 2.83 bits per heavy atom. The molecule has 1 unspecified atom stereocenters. The van der Waals surface area contributed by atoms with Crippen molar-refractivity contribution in [1.29, 1.82) is 0 Å². The molecule has 0 bridgehead atoms. The minimum absolute atomic E-state index is 0.552. The molecular formula is C19H20N2O2. The van der Waals surface area contributed by atoms with Crippen LogP contribution in [0.5, 0.6) is 0 Å². The minimum Gasteiger partial charge on any atom is -0.441 e. The van der Waals surface area contributed by atoms with Crippen molar-refractivity contribution in [1.82, 2.24) is 4.98 Å². The third-order valence-electron chi connectivity index (χ3n) is 4.40. The summed E-state index contributed by atoms with van der Waals surface area (Å²) in [6, 6.07) is 14.7. The number of para-hydroxylation sites is 1. The van der Waals surface area contributed by atoms with Gasteiger partial charge in [-0.1, -0.05) is 24.3 Å². The Hall–Kier alpha value is -2.33. The van der Waals surface area contributed by atoms with Crippen LogP contribution in [0.15, 0.2) is 46.9 Å². The van der Waals surface area contributed by atoms with Crippen molar-refractivity contribution in [2.75, 3.05) is 18.5 Å². The molecule has 0 saturated carbocycles. The molecule has 3 aromatic rings. The van der Waals surface area contributed by atoms with Crippen LogP contribution in [0.1, 0.15) is 29.4 Å². The Morgan fingerprint density at radius 1 is 1.17 bits per heavy atom. The van der Waals surface area contributed by atoms with Gasteiger partial charge in [-0.3, -0.25) is 0 Å². The fourth-order valence-electron chi connectivity index (χ4n) is 3.13. The predicted molar refractivity (Wildman–Crippen MR) is 90.7 cm³/mol. The lowest BCUT2D eigenvalue weighted by Gasteiger charge is -2.11. The molecule has 1 aliphatic heterocycles. The zero-order valence-corrected chi connectivity index (χ0v) is 13.2. The SMILES string of the molecule is Cc1nc2c(CNc3ccc(C4CCOC4)cc3)cccc2o1. The summed E-state index contributed by atoms with van der Waals surface area (Å²) in [4.78, 5) is 4.47. The second-order valence-electron chi connectivity index (χ2n) is 6.03. The zero-order valence-electron chi connectivity index (χ0n) is 13.2. The van der Waals surface area contributed by atoms with E-state index >= 15 is 0 Å². The molecule has 0 amide bonds. The Kier molecular flexibility index (Phi) is 3.75. The Labute approximate surface area is 135 Å². The number of ether oxygens (including phenoxy) is 1. The molecule has 0 aliphatic carbocycles. The van der Waals surface area contributed by atoms with Crippen LogP contribution in [-0.2, 0) is 11.3 Å². The number of fused-ring (bicyclic) bond motifs is 1. The van der Waals surface area contributed by atoms with Gasteiger partial charge in [0.05, 0.1) is 6.61 Å². The molecule has 0 radical (unpaired) electrons. The molecule has 1 fully saturated rings. The second-order valence-corrected chi connectivity index (χ2v) is 6.03. The van der Waals surface area contributed by atoms with E-state index in [9.17, 15) is 0 Å². The predicted octanol–water partition coefficient (Wildman–Crippen LogP) is 4.25. The van der Waals surface area contributed by atoms with Crippen LogP contribution in [0.25, 0.3) is 11.1 Å². The number of hydrogen-bond acceptors (Lipinski definition) is 4. The summed E-state index contributed by atoms with van der Waals surface area (Å²) in [7, 11) is 0. The third-order valence-corrected chi connectivity index (χ3v) is 4.40. The topological polar surface area (TPSA) is 47.3 Å². The van der Waals surface area contributed by atoms with Gasteiger partial charge in [-0.25, -0.2) is 4.98 Å². The van der Waals surface area contributed by atoms with Crippen molar-refractivity contribution >= 4 is 16.8 Å². The zero-order chi connectivity index (χ0) is 15.6. The number of oxazole rings is 1. The number of rotatable bonds is 4. The van der Waals surface area contributed by atoms with Gasteiger partial charge in [-0.05, 0) is 30.2 Å². The summed E-state index contributed by atoms with van der Waals surface area (Å²) in [6.45, 7) is 4.34. The van der Waals surface area contributed by atoms with Crippen LogP contribution in [0.2, 0.25) is 0 Å². The van der Waals surface area contributed by atoms with E-state index in [0.717, 1.165) is 48.5 Å². The Balaban J connectivity index is 1.47. The van der Waals surface area contributed by atoms with Gasteiger partial charge in [0.2, 0.25) is 0 Å². The summed E-state index contributed by atoms with van der Waals surface area (Å²) in [6.07, 6.45) is 1.13. The Bertz CT molecular complexity index is 802. The maximum Gasteiger partial charge on any atom is 0.192 e. The number of benzene rings is 2. The lowest BCUT2D eigenvalue weighted by molar-refractivity contribution is 0.194. The monoisotopic (exact) mass is 308 g/mol. The molecule has 1 saturated heterocycles. The third kappa shape index (κ3) is 2.94. The van der Waals surface area contributed by atoms with E-state index in [1.54, 1.807) is 0 Å². The van der Waals surface area contributed by atoms with Gasteiger partial charge in [-0.15, -0.1) is 0 Å². The molecule has 4 nitrogen and oxygen atoms in total. The summed E-state index contributed by atoms with van der Waals surface area (Å²) >= 11 is 0. The van der Waals surface area contributed by atoms with E-state index in [4.69, 9.17) is 9.15 Å². The van der Waals surface area contributed by atoms with Gasteiger partial charge in [0, 0.05) is 37.2 Å². The van der Waals surface area contributed by atoms with Crippen LogP contribution >= 0.6 is 0 Å². The van der Waals surface area contributed by atoms with Gasteiger partial charge in [-0.2, -0.15) is 0 Å². The lowest BCUT2D eigenvalue weighted by Crippen LogP contribution is -2.01. The molecule has 4 rings (SSSR count). The quantitative estimate of drug-likeness (QED) is 0.782. The fraction of sp³-hybridized carbons (Fsp3) is 0.316. The normalized spacial score (nSPS) is 17.7. The summed E-state index contributed by atoms with van der Waals surface area (Å²) in [5, 5.41) is 3.47. The number of aryl methyl sites for hydroxylation is 1. The average molecular weight is 308 g/mol. The minimum atomic E-state index is 0.552. The maximum atomic E-state index is 5.58. The molecule has 2 aromatic carbocycles. The van der Waals surface area contributed by atoms with Gasteiger partial charge in [0.1, 0.15) is 5.52 Å². The number of anilines is 1. The van der Waals surface area contributed by atoms with Gasteiger partial charge < -0.3 is 14.5 Å². The van der Waals surface area contributed by atoms with Crippen LogP contribution in [0, 0.1) is 6.92 Å². The molecule has 23 heavy (non-hydrogen) atoms. The first kappa shape index (κ1) is 14.3. The standard InChI is InChI=1S/C19H20N2O2/c1-13-21-19-15(3-2-4-18(19)23-13)11-20-17-7-5-14(6-8-17)16-9-10-22-12-16/h2-8,16,20H,9-12H2,1H3. The van der Waals surface area contributed by atoms with Gasteiger partial charge >= 0.3 is 0 Å². The first-order valence-electron chi connectivity index (χ1n) is 8.06.